The summed E-state index contributed by atoms with van der Waals surface area (Å²) in [5.74, 6) is 2.38. The number of hydrogen-bond acceptors (Lipinski definition) is 8. The second-order valence-electron chi connectivity index (χ2n) is 6.21. The van der Waals surface area contributed by atoms with Gasteiger partial charge in [0.25, 0.3) is 23.6 Å². The highest BCUT2D eigenvalue weighted by molar-refractivity contribution is 7.13. The fraction of sp³-hybridized carbons (Fsp3) is 0.333. The van der Waals surface area contributed by atoms with E-state index in [2.05, 4.69) is 34.2 Å². The molecule has 0 aliphatic heterocycles. The molecule has 0 saturated heterocycles. The molecule has 0 fully saturated rings. The highest BCUT2D eigenvalue weighted by Crippen LogP contribution is 2.25. The van der Waals surface area contributed by atoms with Gasteiger partial charge >= 0.3 is 0 Å². The second-order valence-corrected chi connectivity index (χ2v) is 8.10. The first-order chi connectivity index (χ1) is 13.2. The van der Waals surface area contributed by atoms with Gasteiger partial charge in [0.2, 0.25) is 0 Å². The van der Waals surface area contributed by atoms with Crippen molar-refractivity contribution in [2.75, 3.05) is 6.54 Å². The average Bonchev–Trinajstić information content (AvgIpc) is 3.48. The van der Waals surface area contributed by atoms with Gasteiger partial charge in [-0.1, -0.05) is 19.1 Å². The van der Waals surface area contributed by atoms with E-state index in [4.69, 9.17) is 8.83 Å². The van der Waals surface area contributed by atoms with Crippen LogP contribution < -0.4 is 4.90 Å². The summed E-state index contributed by atoms with van der Waals surface area (Å²) in [7, 11) is 0. The Morgan fingerprint density at radius 2 is 1.63 bits per heavy atom. The Hall–Kier alpha value is -2.36. The molecule has 1 N–H and O–H groups in total. The molecule has 0 saturated carbocycles. The summed E-state index contributed by atoms with van der Waals surface area (Å²) in [5.41, 5.74) is 0. The summed E-state index contributed by atoms with van der Waals surface area (Å²) in [5, 5.41) is 20.9. The van der Waals surface area contributed by atoms with Gasteiger partial charge in [-0.15, -0.1) is 43.1 Å². The summed E-state index contributed by atoms with van der Waals surface area (Å²) < 4.78 is 11.8. The molecular weight excluding hydrogens is 382 g/mol. The number of nitrogens with one attached hydrogen (secondary N) is 1. The molecule has 27 heavy (non-hydrogen) atoms. The Morgan fingerprint density at radius 3 is 2.26 bits per heavy atom. The van der Waals surface area contributed by atoms with Crippen molar-refractivity contribution in [3.63, 3.8) is 0 Å². The van der Waals surface area contributed by atoms with Crippen molar-refractivity contribution in [2.45, 2.75) is 32.9 Å². The number of quaternary nitrogens is 1. The zero-order chi connectivity index (χ0) is 18.6. The third-order valence-electron chi connectivity index (χ3n) is 4.30. The van der Waals surface area contributed by atoms with Crippen LogP contribution in [-0.4, -0.2) is 26.9 Å². The van der Waals surface area contributed by atoms with E-state index < -0.39 is 0 Å². The van der Waals surface area contributed by atoms with Crippen LogP contribution in [0.5, 0.6) is 0 Å². The topological polar surface area (TPSA) is 82.3 Å². The first-order valence-electron chi connectivity index (χ1n) is 8.82. The normalized spacial score (nSPS) is 13.7. The second kappa shape index (κ2) is 8.12. The molecule has 2 atom stereocenters. The van der Waals surface area contributed by atoms with E-state index in [9.17, 15) is 0 Å². The SMILES string of the molecule is CCC[NH+](Cc1nnc(-c2cccs2)o1)[C@@H](C)c1nnc(-c2cccs2)o1. The highest BCUT2D eigenvalue weighted by atomic mass is 32.1. The van der Waals surface area contributed by atoms with E-state index in [-0.39, 0.29) is 6.04 Å². The molecule has 4 rings (SSSR count). The molecule has 140 valence electrons. The van der Waals surface area contributed by atoms with Gasteiger partial charge in [0.1, 0.15) is 0 Å². The predicted octanol–water partition coefficient (Wildman–Crippen LogP) is 3.47. The molecule has 0 bridgehead atoms. The van der Waals surface area contributed by atoms with Crippen LogP contribution in [0.25, 0.3) is 21.5 Å². The van der Waals surface area contributed by atoms with Crippen molar-refractivity contribution in [2.24, 2.45) is 0 Å². The Balaban J connectivity index is 1.50. The van der Waals surface area contributed by atoms with Crippen molar-refractivity contribution in [3.8, 4) is 21.5 Å². The van der Waals surface area contributed by atoms with Gasteiger partial charge in [0, 0.05) is 0 Å². The van der Waals surface area contributed by atoms with Crippen molar-refractivity contribution in [1.29, 1.82) is 0 Å². The van der Waals surface area contributed by atoms with Crippen molar-refractivity contribution in [3.05, 3.63) is 46.8 Å². The molecule has 0 spiro atoms. The standard InChI is InChI=1S/C18H19N5O2S2/c1-3-8-23(11-15-19-21-17(24-15)13-6-4-9-26-13)12(2)16-20-22-18(25-16)14-7-5-10-27-14/h4-7,9-10,12H,3,8,11H2,1-2H3/p+1/t12-/m0/s1. The Bertz CT molecular complexity index is 962. The summed E-state index contributed by atoms with van der Waals surface area (Å²) in [6.45, 7) is 5.80. The van der Waals surface area contributed by atoms with E-state index in [1.165, 1.54) is 4.90 Å². The third kappa shape index (κ3) is 4.00. The van der Waals surface area contributed by atoms with Gasteiger partial charge in [-0.05, 0) is 36.2 Å². The fourth-order valence-corrected chi connectivity index (χ4v) is 4.17. The van der Waals surface area contributed by atoms with Gasteiger partial charge < -0.3 is 13.7 Å². The number of thiophene rings is 2. The zero-order valence-electron chi connectivity index (χ0n) is 15.1. The quantitative estimate of drug-likeness (QED) is 0.486. The molecule has 1 unspecified atom stereocenters. The maximum atomic E-state index is 5.92. The molecule has 0 radical (unpaired) electrons. The molecule has 0 aliphatic rings. The maximum Gasteiger partial charge on any atom is 0.274 e. The van der Waals surface area contributed by atoms with E-state index in [0.29, 0.717) is 30.1 Å². The molecule has 0 aromatic carbocycles. The van der Waals surface area contributed by atoms with Crippen LogP contribution in [0, 0.1) is 0 Å². The zero-order valence-corrected chi connectivity index (χ0v) is 16.7. The lowest BCUT2D eigenvalue weighted by Crippen LogP contribution is -3.10. The summed E-state index contributed by atoms with van der Waals surface area (Å²) in [4.78, 5) is 3.21. The van der Waals surface area contributed by atoms with Gasteiger partial charge in [-0.25, -0.2) is 0 Å². The van der Waals surface area contributed by atoms with Crippen LogP contribution in [0.2, 0.25) is 0 Å². The van der Waals surface area contributed by atoms with E-state index in [1.807, 2.05) is 35.0 Å². The smallest absolute Gasteiger partial charge is 0.274 e. The lowest BCUT2D eigenvalue weighted by Gasteiger charge is -2.21. The van der Waals surface area contributed by atoms with Gasteiger partial charge in [-0.3, -0.25) is 0 Å². The Labute approximate surface area is 164 Å². The van der Waals surface area contributed by atoms with Crippen LogP contribution in [0.3, 0.4) is 0 Å². The molecule has 4 heterocycles. The highest BCUT2D eigenvalue weighted by Gasteiger charge is 2.27. The van der Waals surface area contributed by atoms with Gasteiger partial charge in [0.15, 0.2) is 12.6 Å². The van der Waals surface area contributed by atoms with Crippen molar-refractivity contribution >= 4 is 22.7 Å². The fourth-order valence-electron chi connectivity index (χ4n) is 2.88. The first-order valence-corrected chi connectivity index (χ1v) is 10.6. The molecule has 0 amide bonds. The molecule has 0 aliphatic carbocycles. The first kappa shape index (κ1) is 18.0. The van der Waals surface area contributed by atoms with Gasteiger partial charge in [0.05, 0.1) is 16.3 Å². The summed E-state index contributed by atoms with van der Waals surface area (Å²) in [6, 6.07) is 7.94. The summed E-state index contributed by atoms with van der Waals surface area (Å²) >= 11 is 3.18. The number of rotatable bonds is 8. The predicted molar refractivity (Wildman–Crippen MR) is 103 cm³/mol. The van der Waals surface area contributed by atoms with Crippen molar-refractivity contribution < 1.29 is 13.7 Å². The summed E-state index contributed by atoms with van der Waals surface area (Å²) in [6.07, 6.45) is 1.03. The minimum atomic E-state index is 0.0308. The maximum absolute atomic E-state index is 5.92. The minimum Gasteiger partial charge on any atom is -0.414 e. The molecule has 9 heteroatoms. The van der Waals surface area contributed by atoms with Crippen LogP contribution in [-0.2, 0) is 6.54 Å². The van der Waals surface area contributed by atoms with Crippen LogP contribution in [0.4, 0.5) is 0 Å². The molecule has 4 aromatic heterocycles. The number of nitrogens with zero attached hydrogens (tertiary/aromatic N) is 4. The van der Waals surface area contributed by atoms with Crippen LogP contribution in [0.1, 0.15) is 38.1 Å². The molecule has 4 aromatic rings. The third-order valence-corrected chi connectivity index (χ3v) is 6.02. The lowest BCUT2D eigenvalue weighted by atomic mass is 10.2. The van der Waals surface area contributed by atoms with E-state index >= 15 is 0 Å². The minimum absolute atomic E-state index is 0.0308. The monoisotopic (exact) mass is 402 g/mol. The van der Waals surface area contributed by atoms with Crippen LogP contribution in [0.15, 0.2) is 43.9 Å². The largest absolute Gasteiger partial charge is 0.414 e. The number of aromatic nitrogens is 4. The Morgan fingerprint density at radius 1 is 0.963 bits per heavy atom. The Kier molecular flexibility index (Phi) is 5.42. The van der Waals surface area contributed by atoms with Gasteiger partial charge in [-0.2, -0.15) is 0 Å². The number of hydrogen-bond donors (Lipinski definition) is 1. The van der Waals surface area contributed by atoms with E-state index in [1.54, 1.807) is 22.7 Å². The molecular formula is C18H20N5O2S2+. The van der Waals surface area contributed by atoms with Crippen molar-refractivity contribution in [1.82, 2.24) is 20.4 Å². The lowest BCUT2D eigenvalue weighted by molar-refractivity contribution is -0.945. The average molecular weight is 403 g/mol. The van der Waals surface area contributed by atoms with E-state index in [0.717, 1.165) is 22.7 Å². The van der Waals surface area contributed by atoms with Crippen LogP contribution >= 0.6 is 22.7 Å². The molecule has 7 nitrogen and oxygen atoms in total.